The Morgan fingerprint density at radius 3 is 2.00 bits per heavy atom. The molecule has 66 valence electrons. The zero-order chi connectivity index (χ0) is 9.02. The molecule has 0 aromatic rings. The number of likely N-dealkylation sites (N-methyl/N-ethyl adjacent to an activating group) is 1. The Bertz CT molecular complexity index is 132. The van der Waals surface area contributed by atoms with Gasteiger partial charge in [-0.3, -0.25) is 9.69 Å². The molecule has 0 aliphatic carbocycles. The molecule has 0 aliphatic heterocycles. The standard InChI is InChI=1S/C9H19NO/c1-6-7(2)9(8(3)11)10(4)5/h7,9H,6H2,1-5H3/t7?,9-/m0/s1. The molecule has 0 aromatic heterocycles. The molecule has 0 bridgehead atoms. The lowest BCUT2D eigenvalue weighted by molar-refractivity contribution is -0.122. The molecule has 0 aromatic carbocycles. The molecule has 0 heterocycles. The van der Waals surface area contributed by atoms with E-state index in [0.717, 1.165) is 6.42 Å². The third-order valence-corrected chi connectivity index (χ3v) is 2.16. The van der Waals surface area contributed by atoms with Gasteiger partial charge < -0.3 is 0 Å². The van der Waals surface area contributed by atoms with E-state index < -0.39 is 0 Å². The molecule has 0 aliphatic rings. The lowest BCUT2D eigenvalue weighted by Crippen LogP contribution is -2.39. The minimum absolute atomic E-state index is 0.0972. The van der Waals surface area contributed by atoms with Crippen LogP contribution in [0, 0.1) is 5.92 Å². The summed E-state index contributed by atoms with van der Waals surface area (Å²) in [4.78, 5) is 13.1. The van der Waals surface area contributed by atoms with E-state index in [0.29, 0.717) is 5.92 Å². The van der Waals surface area contributed by atoms with Crippen LogP contribution in [0.25, 0.3) is 0 Å². The number of ketones is 1. The van der Waals surface area contributed by atoms with Gasteiger partial charge in [-0.05, 0) is 26.9 Å². The summed E-state index contributed by atoms with van der Waals surface area (Å²) >= 11 is 0. The minimum atomic E-state index is 0.0972. The zero-order valence-corrected chi connectivity index (χ0v) is 8.22. The Morgan fingerprint density at radius 1 is 1.45 bits per heavy atom. The van der Waals surface area contributed by atoms with Gasteiger partial charge in [-0.2, -0.15) is 0 Å². The van der Waals surface area contributed by atoms with E-state index in [4.69, 9.17) is 0 Å². The number of Topliss-reactive ketones (excluding diaryl/α,β-unsaturated/α-hetero) is 1. The zero-order valence-electron chi connectivity index (χ0n) is 8.22. The summed E-state index contributed by atoms with van der Waals surface area (Å²) in [6.07, 6.45) is 1.06. The Labute approximate surface area is 69.6 Å². The van der Waals surface area contributed by atoms with Crippen LogP contribution in [0.15, 0.2) is 0 Å². The number of nitrogens with zero attached hydrogens (tertiary/aromatic N) is 1. The predicted molar refractivity (Wildman–Crippen MR) is 47.6 cm³/mol. The highest BCUT2D eigenvalue weighted by molar-refractivity contribution is 5.81. The van der Waals surface area contributed by atoms with Crippen molar-refractivity contribution in [1.82, 2.24) is 4.90 Å². The fourth-order valence-electron chi connectivity index (χ4n) is 1.50. The van der Waals surface area contributed by atoms with Gasteiger partial charge >= 0.3 is 0 Å². The van der Waals surface area contributed by atoms with Gasteiger partial charge in [0.05, 0.1) is 6.04 Å². The summed E-state index contributed by atoms with van der Waals surface area (Å²) in [5.74, 6) is 0.729. The fourth-order valence-corrected chi connectivity index (χ4v) is 1.50. The Kier molecular flexibility index (Phi) is 4.34. The first-order valence-electron chi connectivity index (χ1n) is 4.17. The van der Waals surface area contributed by atoms with Crippen LogP contribution in [-0.2, 0) is 4.79 Å². The fraction of sp³-hybridized carbons (Fsp3) is 0.889. The first-order chi connectivity index (χ1) is 5.00. The third kappa shape index (κ3) is 3.02. The molecule has 0 N–H and O–H groups in total. The lowest BCUT2D eigenvalue weighted by atomic mass is 9.95. The van der Waals surface area contributed by atoms with Crippen LogP contribution in [0.4, 0.5) is 0 Å². The first kappa shape index (κ1) is 10.6. The quantitative estimate of drug-likeness (QED) is 0.617. The molecule has 0 rings (SSSR count). The second kappa shape index (κ2) is 4.50. The summed E-state index contributed by atoms with van der Waals surface area (Å²) in [6, 6.07) is 0.0972. The number of carbonyl (C=O) groups excluding carboxylic acids is 1. The predicted octanol–water partition coefficient (Wildman–Crippen LogP) is 1.55. The molecular weight excluding hydrogens is 138 g/mol. The molecule has 2 nitrogen and oxygen atoms in total. The molecule has 11 heavy (non-hydrogen) atoms. The number of hydrogen-bond acceptors (Lipinski definition) is 2. The second-order valence-corrected chi connectivity index (χ2v) is 3.40. The molecule has 0 fully saturated rings. The van der Waals surface area contributed by atoms with Crippen LogP contribution in [0.3, 0.4) is 0 Å². The largest absolute Gasteiger partial charge is 0.300 e. The van der Waals surface area contributed by atoms with Crippen LogP contribution in [0.1, 0.15) is 27.2 Å². The van der Waals surface area contributed by atoms with Crippen LogP contribution in [-0.4, -0.2) is 30.8 Å². The molecule has 2 heteroatoms. The summed E-state index contributed by atoms with van der Waals surface area (Å²) in [7, 11) is 3.91. The van der Waals surface area contributed by atoms with Gasteiger partial charge in [-0.25, -0.2) is 0 Å². The maximum Gasteiger partial charge on any atom is 0.147 e. The van der Waals surface area contributed by atoms with E-state index in [1.54, 1.807) is 6.92 Å². The van der Waals surface area contributed by atoms with Crippen molar-refractivity contribution in [3.05, 3.63) is 0 Å². The van der Waals surface area contributed by atoms with Crippen molar-refractivity contribution in [3.8, 4) is 0 Å². The number of carbonyl (C=O) groups is 1. The van der Waals surface area contributed by atoms with E-state index in [1.165, 1.54) is 0 Å². The van der Waals surface area contributed by atoms with Gasteiger partial charge in [0, 0.05) is 0 Å². The van der Waals surface area contributed by atoms with Crippen LogP contribution in [0.2, 0.25) is 0 Å². The number of hydrogen-bond donors (Lipinski definition) is 0. The van der Waals surface area contributed by atoms with E-state index in [1.807, 2.05) is 19.0 Å². The van der Waals surface area contributed by atoms with Crippen LogP contribution in [0.5, 0.6) is 0 Å². The highest BCUT2D eigenvalue weighted by Crippen LogP contribution is 2.12. The maximum atomic E-state index is 11.1. The van der Waals surface area contributed by atoms with E-state index in [9.17, 15) is 4.79 Å². The SMILES string of the molecule is CCC(C)[C@@H](C(C)=O)N(C)C. The highest BCUT2D eigenvalue weighted by Gasteiger charge is 2.21. The monoisotopic (exact) mass is 157 g/mol. The average molecular weight is 157 g/mol. The van der Waals surface area contributed by atoms with Gasteiger partial charge in [-0.1, -0.05) is 20.3 Å². The summed E-state index contributed by atoms with van der Waals surface area (Å²) in [5.41, 5.74) is 0. The van der Waals surface area contributed by atoms with Crippen molar-refractivity contribution in [1.29, 1.82) is 0 Å². The second-order valence-electron chi connectivity index (χ2n) is 3.40. The topological polar surface area (TPSA) is 20.3 Å². The first-order valence-corrected chi connectivity index (χ1v) is 4.17. The summed E-state index contributed by atoms with van der Waals surface area (Å²) < 4.78 is 0. The van der Waals surface area contributed by atoms with E-state index in [2.05, 4.69) is 13.8 Å². The molecule has 0 saturated carbocycles. The van der Waals surface area contributed by atoms with Crippen molar-refractivity contribution in [2.45, 2.75) is 33.2 Å². The van der Waals surface area contributed by atoms with Crippen molar-refractivity contribution < 1.29 is 4.79 Å². The highest BCUT2D eigenvalue weighted by atomic mass is 16.1. The van der Waals surface area contributed by atoms with Crippen molar-refractivity contribution in [2.75, 3.05) is 14.1 Å². The van der Waals surface area contributed by atoms with Crippen LogP contribution >= 0.6 is 0 Å². The molecular formula is C9H19NO. The minimum Gasteiger partial charge on any atom is -0.300 e. The Balaban J connectivity index is 4.21. The van der Waals surface area contributed by atoms with E-state index in [-0.39, 0.29) is 11.8 Å². The Morgan fingerprint density at radius 2 is 1.91 bits per heavy atom. The maximum absolute atomic E-state index is 11.1. The summed E-state index contributed by atoms with van der Waals surface area (Å²) in [6.45, 7) is 5.90. The molecule has 0 saturated heterocycles. The summed E-state index contributed by atoms with van der Waals surface area (Å²) in [5, 5.41) is 0. The molecule has 0 amide bonds. The van der Waals surface area contributed by atoms with Crippen molar-refractivity contribution in [3.63, 3.8) is 0 Å². The van der Waals surface area contributed by atoms with Gasteiger partial charge in [0.1, 0.15) is 5.78 Å². The van der Waals surface area contributed by atoms with Gasteiger partial charge in [0.2, 0.25) is 0 Å². The molecule has 0 radical (unpaired) electrons. The molecule has 0 spiro atoms. The Hall–Kier alpha value is -0.370. The van der Waals surface area contributed by atoms with Gasteiger partial charge in [0.25, 0.3) is 0 Å². The van der Waals surface area contributed by atoms with Crippen molar-refractivity contribution in [2.24, 2.45) is 5.92 Å². The van der Waals surface area contributed by atoms with Gasteiger partial charge in [0.15, 0.2) is 0 Å². The van der Waals surface area contributed by atoms with E-state index >= 15 is 0 Å². The molecule has 1 unspecified atom stereocenters. The average Bonchev–Trinajstić information content (AvgIpc) is 1.85. The number of rotatable bonds is 4. The lowest BCUT2D eigenvalue weighted by Gasteiger charge is -2.26. The van der Waals surface area contributed by atoms with Crippen LogP contribution < -0.4 is 0 Å². The third-order valence-electron chi connectivity index (χ3n) is 2.16. The smallest absolute Gasteiger partial charge is 0.147 e. The molecule has 2 atom stereocenters. The normalized spacial score (nSPS) is 16.5. The van der Waals surface area contributed by atoms with Gasteiger partial charge in [-0.15, -0.1) is 0 Å². The van der Waals surface area contributed by atoms with Crippen molar-refractivity contribution >= 4 is 5.78 Å².